The van der Waals surface area contributed by atoms with Crippen molar-refractivity contribution >= 4 is 10.9 Å². The number of rotatable bonds is 2. The number of hydrogen-bond acceptors (Lipinski definition) is 1. The first-order valence-corrected chi connectivity index (χ1v) is 6.10. The summed E-state index contributed by atoms with van der Waals surface area (Å²) in [5.74, 6) is 0. The summed E-state index contributed by atoms with van der Waals surface area (Å²) in [4.78, 5) is 4.24. The Morgan fingerprint density at radius 1 is 1.00 bits per heavy atom. The normalized spacial score (nSPS) is 9.69. The van der Waals surface area contributed by atoms with E-state index in [1.54, 1.807) is 0 Å². The van der Waals surface area contributed by atoms with Gasteiger partial charge in [0.05, 0.1) is 5.52 Å². The van der Waals surface area contributed by atoms with Crippen LogP contribution >= 0.6 is 0 Å². The second-order valence-corrected chi connectivity index (χ2v) is 4.00. The van der Waals surface area contributed by atoms with Crippen molar-refractivity contribution in [3.63, 3.8) is 0 Å². The fourth-order valence-corrected chi connectivity index (χ4v) is 1.59. The first-order valence-electron chi connectivity index (χ1n) is 6.10. The van der Waals surface area contributed by atoms with Crippen molar-refractivity contribution in [3.8, 4) is 0 Å². The predicted molar refractivity (Wildman–Crippen MR) is 71.7 cm³/mol. The van der Waals surface area contributed by atoms with Crippen LogP contribution in [-0.4, -0.2) is 4.98 Å². The molecular formula is C15H21N. The summed E-state index contributed by atoms with van der Waals surface area (Å²) in [6.07, 6.45) is 5.92. The van der Waals surface area contributed by atoms with Crippen LogP contribution in [0.1, 0.15) is 38.7 Å². The standard InChI is InChI=1S/C10H9N.C5H12/c1-8-6-7-11-10-5-3-2-4-9(8)10;1-3-5-4-2/h2-7H,1H3;3-5H2,1-2H3. The molecule has 0 saturated heterocycles. The van der Waals surface area contributed by atoms with Gasteiger partial charge >= 0.3 is 0 Å². The van der Waals surface area contributed by atoms with E-state index in [9.17, 15) is 0 Å². The molecule has 2 rings (SSSR count). The number of para-hydroxylation sites is 1. The molecule has 0 spiro atoms. The van der Waals surface area contributed by atoms with Gasteiger partial charge in [0.25, 0.3) is 0 Å². The minimum absolute atomic E-state index is 1.08. The number of aromatic nitrogens is 1. The highest BCUT2D eigenvalue weighted by Gasteiger charge is 1.93. The van der Waals surface area contributed by atoms with E-state index in [0.29, 0.717) is 0 Å². The molecule has 0 bridgehead atoms. The van der Waals surface area contributed by atoms with Crippen LogP contribution in [-0.2, 0) is 0 Å². The van der Waals surface area contributed by atoms with E-state index in [0.717, 1.165) is 5.52 Å². The Balaban J connectivity index is 0.000000221. The highest BCUT2D eigenvalue weighted by Crippen LogP contribution is 2.13. The molecule has 0 unspecified atom stereocenters. The maximum Gasteiger partial charge on any atom is 0.0704 e. The van der Waals surface area contributed by atoms with Crippen LogP contribution in [0, 0.1) is 6.92 Å². The highest BCUT2D eigenvalue weighted by molar-refractivity contribution is 5.81. The van der Waals surface area contributed by atoms with Crippen LogP contribution in [0.15, 0.2) is 36.5 Å². The third-order valence-corrected chi connectivity index (χ3v) is 2.57. The Kier molecular flexibility index (Phi) is 5.55. The smallest absolute Gasteiger partial charge is 0.0704 e. The summed E-state index contributed by atoms with van der Waals surface area (Å²) >= 11 is 0. The number of fused-ring (bicyclic) bond motifs is 1. The molecule has 1 aromatic heterocycles. The van der Waals surface area contributed by atoms with Gasteiger partial charge < -0.3 is 0 Å². The zero-order valence-electron chi connectivity index (χ0n) is 10.5. The Labute approximate surface area is 98.5 Å². The lowest BCUT2D eigenvalue weighted by atomic mass is 10.1. The van der Waals surface area contributed by atoms with Crippen molar-refractivity contribution in [3.05, 3.63) is 42.1 Å². The maximum absolute atomic E-state index is 4.24. The largest absolute Gasteiger partial charge is 0.256 e. The molecule has 1 nitrogen and oxygen atoms in total. The minimum Gasteiger partial charge on any atom is -0.256 e. The molecule has 0 radical (unpaired) electrons. The van der Waals surface area contributed by atoms with Gasteiger partial charge in [-0.1, -0.05) is 51.3 Å². The topological polar surface area (TPSA) is 12.9 Å². The van der Waals surface area contributed by atoms with Gasteiger partial charge in [-0.05, 0) is 24.6 Å². The van der Waals surface area contributed by atoms with Gasteiger partial charge in [0.1, 0.15) is 0 Å². The van der Waals surface area contributed by atoms with Gasteiger partial charge in [0, 0.05) is 11.6 Å². The molecule has 0 fully saturated rings. The van der Waals surface area contributed by atoms with E-state index in [4.69, 9.17) is 0 Å². The van der Waals surface area contributed by atoms with Crippen LogP contribution in [0.3, 0.4) is 0 Å². The fraction of sp³-hybridized carbons (Fsp3) is 0.400. The summed E-state index contributed by atoms with van der Waals surface area (Å²) in [7, 11) is 0. The van der Waals surface area contributed by atoms with Crippen LogP contribution in [0.5, 0.6) is 0 Å². The Morgan fingerprint density at radius 3 is 2.25 bits per heavy atom. The summed E-state index contributed by atoms with van der Waals surface area (Å²) in [6.45, 7) is 6.52. The van der Waals surface area contributed by atoms with Crippen molar-refractivity contribution in [1.82, 2.24) is 4.98 Å². The van der Waals surface area contributed by atoms with E-state index in [2.05, 4.69) is 31.8 Å². The average molecular weight is 215 g/mol. The molecule has 1 aromatic carbocycles. The lowest BCUT2D eigenvalue weighted by Gasteiger charge is -1.97. The van der Waals surface area contributed by atoms with Crippen molar-refractivity contribution in [1.29, 1.82) is 0 Å². The zero-order chi connectivity index (χ0) is 11.8. The monoisotopic (exact) mass is 215 g/mol. The number of aryl methyl sites for hydroxylation is 1. The second-order valence-electron chi connectivity index (χ2n) is 4.00. The number of unbranched alkanes of at least 4 members (excludes halogenated alkanes) is 2. The first kappa shape index (κ1) is 12.7. The van der Waals surface area contributed by atoms with Crippen molar-refractivity contribution < 1.29 is 0 Å². The van der Waals surface area contributed by atoms with Gasteiger partial charge in [0.15, 0.2) is 0 Å². The molecule has 2 aromatic rings. The fourth-order valence-electron chi connectivity index (χ4n) is 1.59. The molecule has 1 heteroatoms. The van der Waals surface area contributed by atoms with E-state index in [1.807, 2.05) is 30.5 Å². The summed E-state index contributed by atoms with van der Waals surface area (Å²) in [5, 5.41) is 1.25. The van der Waals surface area contributed by atoms with E-state index in [1.165, 1.54) is 30.2 Å². The lowest BCUT2D eigenvalue weighted by Crippen LogP contribution is -1.79. The van der Waals surface area contributed by atoms with Crippen LogP contribution < -0.4 is 0 Å². The molecule has 0 N–H and O–H groups in total. The average Bonchev–Trinajstić information content (AvgIpc) is 2.32. The maximum atomic E-state index is 4.24. The highest BCUT2D eigenvalue weighted by atomic mass is 14.6. The summed E-state index contributed by atoms with van der Waals surface area (Å²) in [6, 6.07) is 10.2. The third-order valence-electron chi connectivity index (χ3n) is 2.57. The Hall–Kier alpha value is -1.37. The predicted octanol–water partition coefficient (Wildman–Crippen LogP) is 4.74. The molecule has 0 aliphatic rings. The number of pyridine rings is 1. The van der Waals surface area contributed by atoms with Gasteiger partial charge in [-0.15, -0.1) is 0 Å². The van der Waals surface area contributed by atoms with Gasteiger partial charge in [-0.2, -0.15) is 0 Å². The lowest BCUT2D eigenvalue weighted by molar-refractivity contribution is 0.772. The molecular weight excluding hydrogens is 194 g/mol. The van der Waals surface area contributed by atoms with Crippen molar-refractivity contribution in [2.45, 2.75) is 40.0 Å². The van der Waals surface area contributed by atoms with Gasteiger partial charge in [-0.25, -0.2) is 0 Å². The van der Waals surface area contributed by atoms with Crippen molar-refractivity contribution in [2.75, 3.05) is 0 Å². The Bertz CT molecular complexity index is 413. The van der Waals surface area contributed by atoms with E-state index < -0.39 is 0 Å². The summed E-state index contributed by atoms with van der Waals surface area (Å²) in [5.41, 5.74) is 2.36. The van der Waals surface area contributed by atoms with Crippen LogP contribution in [0.4, 0.5) is 0 Å². The molecule has 0 aliphatic carbocycles. The minimum atomic E-state index is 1.08. The SMILES string of the molecule is CCCCC.Cc1ccnc2ccccc12. The molecule has 0 atom stereocenters. The first-order chi connectivity index (χ1) is 7.79. The third kappa shape index (κ3) is 3.65. The molecule has 16 heavy (non-hydrogen) atoms. The van der Waals surface area contributed by atoms with Gasteiger partial charge in [0.2, 0.25) is 0 Å². The summed E-state index contributed by atoms with van der Waals surface area (Å²) < 4.78 is 0. The molecule has 1 heterocycles. The van der Waals surface area contributed by atoms with Crippen LogP contribution in [0.25, 0.3) is 10.9 Å². The quantitative estimate of drug-likeness (QED) is 0.705. The molecule has 0 amide bonds. The van der Waals surface area contributed by atoms with Crippen molar-refractivity contribution in [2.24, 2.45) is 0 Å². The second kappa shape index (κ2) is 7.00. The van der Waals surface area contributed by atoms with Crippen LogP contribution in [0.2, 0.25) is 0 Å². The Morgan fingerprint density at radius 2 is 1.69 bits per heavy atom. The molecule has 0 saturated carbocycles. The zero-order valence-corrected chi connectivity index (χ0v) is 10.5. The molecule has 0 aliphatic heterocycles. The number of nitrogens with zero attached hydrogens (tertiary/aromatic N) is 1. The number of benzene rings is 1. The van der Waals surface area contributed by atoms with Gasteiger partial charge in [-0.3, -0.25) is 4.98 Å². The van der Waals surface area contributed by atoms with E-state index >= 15 is 0 Å². The number of hydrogen-bond donors (Lipinski definition) is 0. The molecule has 86 valence electrons. The van der Waals surface area contributed by atoms with E-state index in [-0.39, 0.29) is 0 Å².